The van der Waals surface area contributed by atoms with Crippen molar-refractivity contribution in [1.29, 1.82) is 5.26 Å². The van der Waals surface area contributed by atoms with Gasteiger partial charge in [0.05, 0.1) is 38.4 Å². The number of nitrogens with one attached hydrogen (secondary N) is 1. The van der Waals surface area contributed by atoms with Crippen LogP contribution in [0, 0.1) is 27.4 Å². The number of furan rings is 1. The van der Waals surface area contributed by atoms with E-state index in [1.807, 2.05) is 29.5 Å². The minimum Gasteiger partial charge on any atom is -0.493 e. The Hall–Kier alpha value is -3.23. The van der Waals surface area contributed by atoms with Crippen LogP contribution in [0.15, 0.2) is 39.9 Å². The van der Waals surface area contributed by atoms with Crippen molar-refractivity contribution in [3.05, 3.63) is 51.8 Å². The van der Waals surface area contributed by atoms with Crippen LogP contribution in [-0.2, 0) is 0 Å². The van der Waals surface area contributed by atoms with Crippen LogP contribution < -0.4 is 14.8 Å². The van der Waals surface area contributed by atoms with E-state index in [4.69, 9.17) is 19.0 Å². The minimum atomic E-state index is -0.562. The number of benzene rings is 1. The third-order valence-electron chi connectivity index (χ3n) is 5.51. The maximum atomic E-state index is 11.1. The molecule has 31 heavy (non-hydrogen) atoms. The summed E-state index contributed by atoms with van der Waals surface area (Å²) in [5.41, 5.74) is 0.929. The van der Waals surface area contributed by atoms with Gasteiger partial charge in [-0.25, -0.2) is 0 Å². The molecule has 10 nitrogen and oxygen atoms in total. The summed E-state index contributed by atoms with van der Waals surface area (Å²) >= 11 is 1.44. The van der Waals surface area contributed by atoms with E-state index in [0.717, 1.165) is 10.6 Å². The van der Waals surface area contributed by atoms with Gasteiger partial charge in [-0.1, -0.05) is 6.07 Å². The first-order valence-corrected chi connectivity index (χ1v) is 10.8. The molecular weight excluding hydrogens is 422 g/mol. The zero-order valence-electron chi connectivity index (χ0n) is 17.1. The van der Waals surface area contributed by atoms with Gasteiger partial charge in [0.2, 0.25) is 0 Å². The Kier molecular flexibility index (Phi) is 5.75. The molecule has 4 atom stereocenters. The molecule has 1 aromatic heterocycles. The highest BCUT2D eigenvalue weighted by molar-refractivity contribution is 8.13. The molecular formula is C20H21N5O5S. The van der Waals surface area contributed by atoms with Gasteiger partial charge < -0.3 is 13.9 Å². The Bertz CT molecular complexity index is 1060. The van der Waals surface area contributed by atoms with Crippen molar-refractivity contribution in [2.24, 2.45) is 11.0 Å². The average molecular weight is 443 g/mol. The van der Waals surface area contributed by atoms with Crippen LogP contribution in [-0.4, -0.2) is 41.6 Å². The summed E-state index contributed by atoms with van der Waals surface area (Å²) in [4.78, 5) is 10.5. The summed E-state index contributed by atoms with van der Waals surface area (Å²) in [5, 5.41) is 31.6. The quantitative estimate of drug-likeness (QED) is 0.546. The first-order valence-electron chi connectivity index (χ1n) is 9.53. The fourth-order valence-corrected chi connectivity index (χ4v) is 4.65. The molecule has 1 fully saturated rings. The van der Waals surface area contributed by atoms with Crippen molar-refractivity contribution < 1.29 is 18.8 Å². The average Bonchev–Trinajstić information content (AvgIpc) is 3.42. The van der Waals surface area contributed by atoms with E-state index in [-0.39, 0.29) is 18.0 Å². The predicted molar refractivity (Wildman–Crippen MR) is 114 cm³/mol. The van der Waals surface area contributed by atoms with E-state index in [1.54, 1.807) is 20.3 Å². The Morgan fingerprint density at radius 3 is 2.71 bits per heavy atom. The monoisotopic (exact) mass is 443 g/mol. The molecule has 2 aliphatic rings. The predicted octanol–water partition coefficient (Wildman–Crippen LogP) is 3.44. The van der Waals surface area contributed by atoms with Crippen molar-refractivity contribution >= 4 is 22.7 Å². The minimum absolute atomic E-state index is 0.208. The van der Waals surface area contributed by atoms with Crippen LogP contribution >= 0.6 is 11.8 Å². The molecule has 1 N–H and O–H groups in total. The number of nitro groups is 1. The van der Waals surface area contributed by atoms with E-state index >= 15 is 0 Å². The van der Waals surface area contributed by atoms with E-state index < -0.39 is 17.0 Å². The molecule has 2 aromatic rings. The first-order chi connectivity index (χ1) is 15.0. The lowest BCUT2D eigenvalue weighted by atomic mass is 9.92. The number of ether oxygens (including phenoxy) is 2. The molecule has 0 spiro atoms. The van der Waals surface area contributed by atoms with E-state index in [0.29, 0.717) is 23.7 Å². The Morgan fingerprint density at radius 1 is 1.32 bits per heavy atom. The highest BCUT2D eigenvalue weighted by Gasteiger charge is 2.47. The van der Waals surface area contributed by atoms with Crippen LogP contribution in [0.1, 0.15) is 29.8 Å². The molecule has 162 valence electrons. The normalized spacial score (nSPS) is 24.8. The van der Waals surface area contributed by atoms with Crippen molar-refractivity contribution in [2.75, 3.05) is 20.5 Å². The lowest BCUT2D eigenvalue weighted by molar-refractivity contribution is -0.402. The molecule has 4 rings (SSSR count). The summed E-state index contributed by atoms with van der Waals surface area (Å²) in [6.07, 6.45) is 2.02. The van der Waals surface area contributed by atoms with E-state index in [9.17, 15) is 15.4 Å². The zero-order valence-corrected chi connectivity index (χ0v) is 18.0. The van der Waals surface area contributed by atoms with Gasteiger partial charge in [-0.15, -0.1) is 11.8 Å². The number of hydrazone groups is 1. The van der Waals surface area contributed by atoms with Gasteiger partial charge in [0.15, 0.2) is 11.5 Å². The van der Waals surface area contributed by atoms with Gasteiger partial charge in [-0.05, 0) is 36.4 Å². The smallest absolute Gasteiger partial charge is 0.433 e. The molecule has 1 saturated heterocycles. The number of hydrogen-bond donors (Lipinski definition) is 1. The number of fused-ring (bicyclic) bond motifs is 1. The second-order valence-corrected chi connectivity index (χ2v) is 7.92. The van der Waals surface area contributed by atoms with Crippen LogP contribution in [0.2, 0.25) is 0 Å². The van der Waals surface area contributed by atoms with Gasteiger partial charge in [-0.3, -0.25) is 20.4 Å². The lowest BCUT2D eigenvalue weighted by Gasteiger charge is -2.42. The topological polar surface area (TPSA) is 126 Å². The van der Waals surface area contributed by atoms with Crippen molar-refractivity contribution in [3.8, 4) is 17.6 Å². The number of methoxy groups -OCH3 is 2. The fourth-order valence-electron chi connectivity index (χ4n) is 4.04. The summed E-state index contributed by atoms with van der Waals surface area (Å²) in [6.45, 7) is 0. The van der Waals surface area contributed by atoms with Gasteiger partial charge >= 0.3 is 5.88 Å². The van der Waals surface area contributed by atoms with Crippen molar-refractivity contribution in [1.82, 2.24) is 10.3 Å². The van der Waals surface area contributed by atoms with Crippen molar-refractivity contribution in [3.63, 3.8) is 0 Å². The molecule has 0 bridgehead atoms. The first kappa shape index (κ1) is 21.0. The molecule has 1 aromatic carbocycles. The van der Waals surface area contributed by atoms with E-state index in [2.05, 4.69) is 11.4 Å². The third-order valence-corrected chi connectivity index (χ3v) is 6.26. The SMILES string of the molecule is COc1ccc(C2CC(c3ccc([N+](=O)[O-])o3)NC3C(C#N)C(SC)=NN23)cc1OC. The van der Waals surface area contributed by atoms with Crippen molar-refractivity contribution in [2.45, 2.75) is 24.7 Å². The second-order valence-electron chi connectivity index (χ2n) is 7.09. The molecule has 0 aliphatic carbocycles. The molecule has 3 heterocycles. The van der Waals surface area contributed by atoms with Crippen LogP contribution in [0.5, 0.6) is 11.5 Å². The van der Waals surface area contributed by atoms with Gasteiger partial charge in [-0.2, -0.15) is 10.4 Å². The largest absolute Gasteiger partial charge is 0.493 e. The van der Waals surface area contributed by atoms with Crippen LogP contribution in [0.4, 0.5) is 5.88 Å². The second kappa shape index (κ2) is 8.49. The molecule has 2 aliphatic heterocycles. The van der Waals surface area contributed by atoms with E-state index in [1.165, 1.54) is 17.8 Å². The molecule has 0 saturated carbocycles. The fraction of sp³-hybridized carbons (Fsp3) is 0.400. The number of hydrogen-bond acceptors (Lipinski definition) is 10. The third kappa shape index (κ3) is 3.68. The maximum absolute atomic E-state index is 11.1. The molecule has 4 unspecified atom stereocenters. The zero-order chi connectivity index (χ0) is 22.1. The summed E-state index contributed by atoms with van der Waals surface area (Å²) in [7, 11) is 3.15. The van der Waals surface area contributed by atoms with Gasteiger partial charge in [0, 0.05) is 0 Å². The Balaban J connectivity index is 1.75. The van der Waals surface area contributed by atoms with Crippen LogP contribution in [0.3, 0.4) is 0 Å². The highest BCUT2D eigenvalue weighted by Crippen LogP contribution is 2.44. The summed E-state index contributed by atoms with van der Waals surface area (Å²) in [6, 6.07) is 10.4. The van der Waals surface area contributed by atoms with Gasteiger partial charge in [0.1, 0.15) is 27.8 Å². The lowest BCUT2D eigenvalue weighted by Crippen LogP contribution is -2.52. The maximum Gasteiger partial charge on any atom is 0.433 e. The van der Waals surface area contributed by atoms with Crippen LogP contribution in [0.25, 0.3) is 0 Å². The number of nitriles is 1. The molecule has 0 radical (unpaired) electrons. The van der Waals surface area contributed by atoms with Gasteiger partial charge in [0.25, 0.3) is 0 Å². The Labute approximate surface area is 182 Å². The summed E-state index contributed by atoms with van der Waals surface area (Å²) in [5.74, 6) is 0.868. The number of rotatable bonds is 5. The number of thioether (sulfide) groups is 1. The standard InChI is InChI=1S/C20H21N5O5S/c1-28-16-5-4-11(8-17(16)29-2)14-9-13(15-6-7-18(30-15)25(26)27)22-19-12(10-21)20(31-3)23-24(14)19/h4-8,12-14,19,22H,9H2,1-3H3. The summed E-state index contributed by atoms with van der Waals surface area (Å²) < 4.78 is 16.3. The highest BCUT2D eigenvalue weighted by atomic mass is 32.2. The number of nitrogens with zero attached hydrogens (tertiary/aromatic N) is 4. The Morgan fingerprint density at radius 2 is 2.10 bits per heavy atom. The molecule has 11 heteroatoms. The molecule has 0 amide bonds.